The lowest BCUT2D eigenvalue weighted by atomic mass is 9.99. The molecule has 3 heteroatoms. The van der Waals surface area contributed by atoms with E-state index in [9.17, 15) is 0 Å². The molecule has 1 nitrogen and oxygen atoms in total. The lowest BCUT2D eigenvalue weighted by Gasteiger charge is -2.27. The van der Waals surface area contributed by atoms with E-state index in [1.807, 2.05) is 0 Å². The Balaban J connectivity index is 2.27. The molecule has 0 aliphatic carbocycles. The van der Waals surface area contributed by atoms with Crippen molar-refractivity contribution in [2.75, 3.05) is 6.54 Å². The highest BCUT2D eigenvalue weighted by Gasteiger charge is 2.14. The van der Waals surface area contributed by atoms with Crippen LogP contribution >= 0.6 is 8.61 Å². The molecule has 0 spiro atoms. The third-order valence-electron chi connectivity index (χ3n) is 2.63. The van der Waals surface area contributed by atoms with Gasteiger partial charge in [0.2, 0.25) is 0 Å². The van der Waals surface area contributed by atoms with Gasteiger partial charge in [-0.15, -0.1) is 0 Å². The van der Waals surface area contributed by atoms with Gasteiger partial charge in [-0.05, 0) is 19.8 Å². The minimum absolute atomic E-state index is 0.839. The summed E-state index contributed by atoms with van der Waals surface area (Å²) in [6, 6.07) is 0.839. The molecule has 0 bridgehead atoms. The topological polar surface area (TPSA) is 3.24 Å². The lowest BCUT2D eigenvalue weighted by molar-refractivity contribution is 0.346. The summed E-state index contributed by atoms with van der Waals surface area (Å²) in [4.78, 5) is 0. The molecule has 1 aliphatic heterocycles. The fourth-order valence-corrected chi connectivity index (χ4v) is 3.29. The monoisotopic (exact) mass is 185 g/mol. The molecular formula is C9H21BNP. The Kier molecular flexibility index (Phi) is 5.26. The lowest BCUT2D eigenvalue weighted by Crippen LogP contribution is -2.26. The van der Waals surface area contributed by atoms with Crippen LogP contribution in [0.15, 0.2) is 0 Å². The van der Waals surface area contributed by atoms with Gasteiger partial charge < -0.3 is 0 Å². The number of nitrogens with zero attached hydrogens (tertiary/aromatic N) is 1. The van der Waals surface area contributed by atoms with Gasteiger partial charge >= 0.3 is 0 Å². The summed E-state index contributed by atoms with van der Waals surface area (Å²) in [5.74, 6) is 0. The van der Waals surface area contributed by atoms with Crippen LogP contribution in [0.4, 0.5) is 0 Å². The first-order valence-electron chi connectivity index (χ1n) is 5.34. The SMILES string of the molecule is CCCC(C)N1CCCCBP1. The highest BCUT2D eigenvalue weighted by atomic mass is 31.1. The van der Waals surface area contributed by atoms with Gasteiger partial charge in [0.1, 0.15) is 0 Å². The van der Waals surface area contributed by atoms with Gasteiger partial charge in [-0.25, -0.2) is 0 Å². The molecule has 1 saturated heterocycles. The standard InChI is InChI=1S/C9H21BNP/c1-3-6-9(2)11-8-5-4-7-10-12-11/h9-10,12H,3-8H2,1-2H3. The summed E-state index contributed by atoms with van der Waals surface area (Å²) in [6.07, 6.45) is 7.08. The molecular weight excluding hydrogens is 164 g/mol. The molecule has 70 valence electrons. The van der Waals surface area contributed by atoms with E-state index in [0.717, 1.165) is 14.7 Å². The Morgan fingerprint density at radius 2 is 2.33 bits per heavy atom. The Morgan fingerprint density at radius 3 is 3.08 bits per heavy atom. The second-order valence-electron chi connectivity index (χ2n) is 3.80. The van der Waals surface area contributed by atoms with Gasteiger partial charge in [0.05, 0.1) is 0 Å². The van der Waals surface area contributed by atoms with Crippen LogP contribution in [0.1, 0.15) is 39.5 Å². The summed E-state index contributed by atoms with van der Waals surface area (Å²) >= 11 is 0. The van der Waals surface area contributed by atoms with Gasteiger partial charge in [-0.1, -0.05) is 34.7 Å². The van der Waals surface area contributed by atoms with E-state index in [0.29, 0.717) is 0 Å². The van der Waals surface area contributed by atoms with Crippen molar-refractivity contribution in [2.24, 2.45) is 0 Å². The van der Waals surface area contributed by atoms with Crippen LogP contribution in [0.3, 0.4) is 0 Å². The highest BCUT2D eigenvalue weighted by Crippen LogP contribution is 2.27. The van der Waals surface area contributed by atoms with E-state index >= 15 is 0 Å². The van der Waals surface area contributed by atoms with Gasteiger partial charge in [-0.2, -0.15) is 0 Å². The maximum atomic E-state index is 2.70. The minimum Gasteiger partial charge on any atom is -0.291 e. The van der Waals surface area contributed by atoms with Crippen molar-refractivity contribution >= 4 is 15.6 Å². The molecule has 0 saturated carbocycles. The molecule has 1 fully saturated rings. The Bertz CT molecular complexity index is 113. The summed E-state index contributed by atoms with van der Waals surface area (Å²) in [5, 5.41) is 0. The average Bonchev–Trinajstić information content (AvgIpc) is 2.32. The molecule has 1 heterocycles. The Labute approximate surface area is 79.3 Å². The molecule has 1 rings (SSSR count). The second-order valence-corrected chi connectivity index (χ2v) is 5.19. The van der Waals surface area contributed by atoms with Crippen molar-refractivity contribution < 1.29 is 0 Å². The molecule has 0 N–H and O–H groups in total. The van der Waals surface area contributed by atoms with Gasteiger partial charge in [0.15, 0.2) is 7.00 Å². The minimum atomic E-state index is 0.839. The molecule has 2 atom stereocenters. The molecule has 0 aromatic rings. The van der Waals surface area contributed by atoms with Crippen molar-refractivity contribution in [3.63, 3.8) is 0 Å². The summed E-state index contributed by atoms with van der Waals surface area (Å²) in [7, 11) is 1.11. The van der Waals surface area contributed by atoms with E-state index < -0.39 is 0 Å². The van der Waals surface area contributed by atoms with Crippen molar-refractivity contribution in [3.8, 4) is 0 Å². The Morgan fingerprint density at radius 1 is 1.50 bits per heavy atom. The zero-order chi connectivity index (χ0) is 8.81. The van der Waals surface area contributed by atoms with Gasteiger partial charge in [-0.3, -0.25) is 4.67 Å². The third kappa shape index (κ3) is 3.45. The summed E-state index contributed by atoms with van der Waals surface area (Å²) in [6.45, 7) is 7.49. The predicted octanol–water partition coefficient (Wildman–Crippen LogP) is 2.63. The number of rotatable bonds is 3. The highest BCUT2D eigenvalue weighted by molar-refractivity contribution is 7.69. The van der Waals surface area contributed by atoms with Crippen molar-refractivity contribution in [1.82, 2.24) is 4.67 Å². The van der Waals surface area contributed by atoms with E-state index in [1.54, 1.807) is 0 Å². The fourth-order valence-electron chi connectivity index (χ4n) is 1.84. The fraction of sp³-hybridized carbons (Fsp3) is 1.00. The van der Waals surface area contributed by atoms with Crippen LogP contribution in [0.2, 0.25) is 6.32 Å². The average molecular weight is 185 g/mol. The zero-order valence-electron chi connectivity index (χ0n) is 8.47. The van der Waals surface area contributed by atoms with E-state index in [1.165, 1.54) is 45.5 Å². The van der Waals surface area contributed by atoms with E-state index in [2.05, 4.69) is 18.5 Å². The number of hydrogen-bond donors (Lipinski definition) is 0. The second kappa shape index (κ2) is 5.99. The first kappa shape index (κ1) is 10.5. The largest absolute Gasteiger partial charge is 0.291 e. The maximum Gasteiger partial charge on any atom is 0.167 e. The third-order valence-corrected chi connectivity index (χ3v) is 4.28. The molecule has 0 aromatic carbocycles. The normalized spacial score (nSPS) is 24.8. The zero-order valence-corrected chi connectivity index (χ0v) is 9.47. The predicted molar refractivity (Wildman–Crippen MR) is 60.6 cm³/mol. The van der Waals surface area contributed by atoms with Crippen molar-refractivity contribution in [3.05, 3.63) is 0 Å². The first-order valence-corrected chi connectivity index (χ1v) is 6.50. The van der Waals surface area contributed by atoms with Crippen LogP contribution in [0, 0.1) is 0 Å². The number of hydrogen-bond acceptors (Lipinski definition) is 1. The van der Waals surface area contributed by atoms with Crippen LogP contribution in [-0.4, -0.2) is 24.3 Å². The van der Waals surface area contributed by atoms with Gasteiger partial charge in [0.25, 0.3) is 0 Å². The van der Waals surface area contributed by atoms with Crippen molar-refractivity contribution in [2.45, 2.75) is 51.9 Å². The summed E-state index contributed by atoms with van der Waals surface area (Å²) < 4.78 is 2.70. The van der Waals surface area contributed by atoms with Crippen LogP contribution < -0.4 is 0 Å². The molecule has 2 unspecified atom stereocenters. The first-order chi connectivity index (χ1) is 5.84. The maximum absolute atomic E-state index is 2.70. The smallest absolute Gasteiger partial charge is 0.167 e. The molecule has 12 heavy (non-hydrogen) atoms. The van der Waals surface area contributed by atoms with Crippen LogP contribution in [-0.2, 0) is 0 Å². The van der Waals surface area contributed by atoms with Crippen molar-refractivity contribution in [1.29, 1.82) is 0 Å². The quantitative estimate of drug-likeness (QED) is 0.482. The molecule has 0 radical (unpaired) electrons. The van der Waals surface area contributed by atoms with E-state index in [4.69, 9.17) is 0 Å². The van der Waals surface area contributed by atoms with Crippen LogP contribution in [0.5, 0.6) is 0 Å². The molecule has 1 aliphatic rings. The molecule has 0 amide bonds. The van der Waals surface area contributed by atoms with E-state index in [-0.39, 0.29) is 0 Å². The molecule has 0 aromatic heterocycles. The van der Waals surface area contributed by atoms with Gasteiger partial charge in [0, 0.05) is 12.6 Å². The Hall–Kier alpha value is 0.455. The summed E-state index contributed by atoms with van der Waals surface area (Å²) in [5.41, 5.74) is 0. The van der Waals surface area contributed by atoms with Crippen LogP contribution in [0.25, 0.3) is 0 Å².